The summed E-state index contributed by atoms with van der Waals surface area (Å²) in [6, 6.07) is 5.81. The van der Waals surface area contributed by atoms with Crippen LogP contribution in [0, 0.1) is 23.7 Å². The highest BCUT2D eigenvalue weighted by molar-refractivity contribution is 7.22. The molecule has 1 aromatic carbocycles. The molecule has 2 N–H and O–H groups in total. The Kier molecular flexibility index (Phi) is 2.96. The normalized spacial score (nSPS) is 32.4. The second-order valence-corrected chi connectivity index (χ2v) is 8.51. The number of carbonyl (C=O) groups excluding carboxylic acids is 1. The summed E-state index contributed by atoms with van der Waals surface area (Å²) in [5.74, 6) is 3.41. The maximum atomic E-state index is 12.9. The summed E-state index contributed by atoms with van der Waals surface area (Å²) in [4.78, 5) is 19.4. The Morgan fingerprint density at radius 2 is 1.78 bits per heavy atom. The molecule has 4 aliphatic rings. The van der Waals surface area contributed by atoms with Gasteiger partial charge < -0.3 is 10.6 Å². The molecule has 1 aromatic heterocycles. The van der Waals surface area contributed by atoms with E-state index >= 15 is 0 Å². The van der Waals surface area contributed by atoms with Crippen molar-refractivity contribution < 1.29 is 4.79 Å². The second kappa shape index (κ2) is 4.94. The molecule has 2 aromatic rings. The third-order valence-electron chi connectivity index (χ3n) is 6.38. The highest BCUT2D eigenvalue weighted by atomic mass is 32.1. The van der Waals surface area contributed by atoms with E-state index in [-0.39, 0.29) is 5.91 Å². The average Bonchev–Trinajstić information content (AvgIpc) is 3.18. The van der Waals surface area contributed by atoms with Gasteiger partial charge in [0, 0.05) is 18.7 Å². The van der Waals surface area contributed by atoms with Crippen molar-refractivity contribution in [1.82, 2.24) is 9.88 Å². The van der Waals surface area contributed by atoms with Crippen molar-refractivity contribution in [1.29, 1.82) is 0 Å². The molecule has 0 spiro atoms. The topological polar surface area (TPSA) is 59.2 Å². The van der Waals surface area contributed by atoms with Crippen LogP contribution in [-0.4, -0.2) is 28.9 Å². The van der Waals surface area contributed by atoms with E-state index in [2.05, 4.69) is 9.88 Å². The molecular weight excluding hydrogens is 306 g/mol. The molecule has 2 bridgehead atoms. The maximum absolute atomic E-state index is 12.9. The monoisotopic (exact) mass is 327 g/mol. The van der Waals surface area contributed by atoms with E-state index in [0.717, 1.165) is 52.5 Å². The van der Waals surface area contributed by atoms with E-state index in [9.17, 15) is 4.79 Å². The van der Waals surface area contributed by atoms with Gasteiger partial charge in [-0.15, -0.1) is 0 Å². The van der Waals surface area contributed by atoms with Gasteiger partial charge in [-0.1, -0.05) is 11.3 Å². The van der Waals surface area contributed by atoms with E-state index in [1.165, 1.54) is 37.0 Å². The first kappa shape index (κ1) is 13.8. The number of nitrogens with zero attached hydrogens (tertiary/aromatic N) is 2. The molecular formula is C18H21N3OS. The smallest absolute Gasteiger partial charge is 0.253 e. The Morgan fingerprint density at radius 3 is 2.43 bits per heavy atom. The third kappa shape index (κ3) is 2.09. The minimum absolute atomic E-state index is 0.173. The summed E-state index contributed by atoms with van der Waals surface area (Å²) in [5, 5.41) is 0.563. The fourth-order valence-electron chi connectivity index (χ4n) is 5.28. The molecule has 23 heavy (non-hydrogen) atoms. The van der Waals surface area contributed by atoms with Gasteiger partial charge in [0.2, 0.25) is 0 Å². The minimum atomic E-state index is 0.173. The van der Waals surface area contributed by atoms with Crippen LogP contribution < -0.4 is 5.73 Å². The highest BCUT2D eigenvalue weighted by Crippen LogP contribution is 2.52. The van der Waals surface area contributed by atoms with Crippen molar-refractivity contribution in [2.45, 2.75) is 25.7 Å². The van der Waals surface area contributed by atoms with E-state index in [1.54, 1.807) is 0 Å². The number of likely N-dealkylation sites (tertiary alicyclic amines) is 1. The van der Waals surface area contributed by atoms with Gasteiger partial charge in [-0.2, -0.15) is 0 Å². The maximum Gasteiger partial charge on any atom is 0.253 e. The van der Waals surface area contributed by atoms with E-state index in [0.29, 0.717) is 5.13 Å². The fourth-order valence-corrected chi connectivity index (χ4v) is 5.99. The SMILES string of the molecule is Nc1nc2cc(C(=O)N3CC4C5CCC(CC5)C4C3)ccc2s1. The first-order chi connectivity index (χ1) is 11.2. The lowest BCUT2D eigenvalue weighted by atomic mass is 9.60. The number of thiazole rings is 1. The largest absolute Gasteiger partial charge is 0.375 e. The van der Waals surface area contributed by atoms with Crippen LogP contribution in [0.5, 0.6) is 0 Å². The number of nitrogen functional groups attached to an aromatic ring is 1. The van der Waals surface area contributed by atoms with Crippen LogP contribution in [0.15, 0.2) is 18.2 Å². The lowest BCUT2D eigenvalue weighted by molar-refractivity contribution is 0.0577. The Hall–Kier alpha value is -1.62. The summed E-state index contributed by atoms with van der Waals surface area (Å²) >= 11 is 1.47. The number of aromatic nitrogens is 1. The van der Waals surface area contributed by atoms with Crippen LogP contribution in [0.2, 0.25) is 0 Å². The zero-order chi connectivity index (χ0) is 15.6. The zero-order valence-electron chi connectivity index (χ0n) is 13.1. The molecule has 1 amide bonds. The van der Waals surface area contributed by atoms with Gasteiger partial charge in [0.25, 0.3) is 5.91 Å². The Bertz CT molecular complexity index is 758. The molecule has 2 atom stereocenters. The summed E-state index contributed by atoms with van der Waals surface area (Å²) < 4.78 is 1.05. The summed E-state index contributed by atoms with van der Waals surface area (Å²) in [6.45, 7) is 1.92. The second-order valence-electron chi connectivity index (χ2n) is 7.45. The molecule has 3 aliphatic carbocycles. The van der Waals surface area contributed by atoms with Crippen molar-refractivity contribution in [2.75, 3.05) is 18.8 Å². The van der Waals surface area contributed by atoms with Gasteiger partial charge in [-0.05, 0) is 67.6 Å². The summed E-state index contributed by atoms with van der Waals surface area (Å²) in [7, 11) is 0. The van der Waals surface area contributed by atoms with Gasteiger partial charge in [0.05, 0.1) is 10.2 Å². The van der Waals surface area contributed by atoms with Crippen LogP contribution in [0.25, 0.3) is 10.2 Å². The molecule has 3 saturated carbocycles. The first-order valence-corrected chi connectivity index (χ1v) is 9.46. The first-order valence-electron chi connectivity index (χ1n) is 8.64. The zero-order valence-corrected chi connectivity index (χ0v) is 13.9. The minimum Gasteiger partial charge on any atom is -0.375 e. The fraction of sp³-hybridized carbons (Fsp3) is 0.556. The molecule has 1 saturated heterocycles. The number of hydrogen-bond donors (Lipinski definition) is 1. The van der Waals surface area contributed by atoms with E-state index in [1.807, 2.05) is 18.2 Å². The molecule has 1 aliphatic heterocycles. The average molecular weight is 327 g/mol. The summed E-state index contributed by atoms with van der Waals surface area (Å²) in [5.41, 5.74) is 7.37. The summed E-state index contributed by atoms with van der Waals surface area (Å²) in [6.07, 6.45) is 5.55. The van der Waals surface area contributed by atoms with Gasteiger partial charge in [0.1, 0.15) is 0 Å². The number of benzene rings is 1. The van der Waals surface area contributed by atoms with Crippen LogP contribution >= 0.6 is 11.3 Å². The molecule has 5 heteroatoms. The van der Waals surface area contributed by atoms with Crippen molar-refractivity contribution >= 4 is 32.6 Å². The van der Waals surface area contributed by atoms with Gasteiger partial charge in [0.15, 0.2) is 5.13 Å². The lowest BCUT2D eigenvalue weighted by Gasteiger charge is -2.44. The molecule has 4 fully saturated rings. The lowest BCUT2D eigenvalue weighted by Crippen LogP contribution is -2.38. The number of rotatable bonds is 1. The van der Waals surface area contributed by atoms with Gasteiger partial charge in [-0.25, -0.2) is 4.98 Å². The quantitative estimate of drug-likeness (QED) is 0.873. The number of amides is 1. The Morgan fingerprint density at radius 1 is 1.13 bits per heavy atom. The van der Waals surface area contributed by atoms with Crippen molar-refractivity contribution in [2.24, 2.45) is 23.7 Å². The number of anilines is 1. The van der Waals surface area contributed by atoms with Crippen LogP contribution in [0.1, 0.15) is 36.0 Å². The van der Waals surface area contributed by atoms with Crippen molar-refractivity contribution in [3.63, 3.8) is 0 Å². The Balaban J connectivity index is 1.42. The molecule has 120 valence electrons. The molecule has 2 unspecified atom stereocenters. The molecule has 2 heterocycles. The third-order valence-corrected chi connectivity index (χ3v) is 7.24. The Labute approximate surface area is 139 Å². The van der Waals surface area contributed by atoms with Crippen LogP contribution in [0.3, 0.4) is 0 Å². The number of nitrogens with two attached hydrogens (primary N) is 1. The molecule has 4 nitrogen and oxygen atoms in total. The van der Waals surface area contributed by atoms with E-state index < -0.39 is 0 Å². The van der Waals surface area contributed by atoms with Crippen molar-refractivity contribution in [3.05, 3.63) is 23.8 Å². The highest BCUT2D eigenvalue weighted by Gasteiger charge is 2.49. The van der Waals surface area contributed by atoms with Crippen LogP contribution in [0.4, 0.5) is 5.13 Å². The number of fused-ring (bicyclic) bond motifs is 3. The molecule has 6 rings (SSSR count). The number of hydrogen-bond acceptors (Lipinski definition) is 4. The molecule has 0 radical (unpaired) electrons. The predicted octanol–water partition coefficient (Wildman–Crippen LogP) is 3.39. The van der Waals surface area contributed by atoms with Gasteiger partial charge in [-0.3, -0.25) is 4.79 Å². The van der Waals surface area contributed by atoms with Gasteiger partial charge >= 0.3 is 0 Å². The number of carbonyl (C=O) groups is 1. The standard InChI is InChI=1S/C18H21N3OS/c19-18-20-15-7-12(5-6-16(15)23-18)17(22)21-8-13-10-1-2-11(4-3-10)14(13)9-21/h5-7,10-11,13-14H,1-4,8-9H2,(H2,19,20). The predicted molar refractivity (Wildman–Crippen MR) is 92.4 cm³/mol. The van der Waals surface area contributed by atoms with Crippen molar-refractivity contribution in [3.8, 4) is 0 Å². The van der Waals surface area contributed by atoms with Crippen LogP contribution in [-0.2, 0) is 0 Å². The van der Waals surface area contributed by atoms with E-state index in [4.69, 9.17) is 5.73 Å².